The summed E-state index contributed by atoms with van der Waals surface area (Å²) in [6, 6.07) is 1.86. The Morgan fingerprint density at radius 3 is 2.79 bits per heavy atom. The molecule has 1 aliphatic rings. The van der Waals surface area contributed by atoms with E-state index in [4.69, 9.17) is 0 Å². The fourth-order valence-electron chi connectivity index (χ4n) is 2.86. The smallest absolute Gasteiger partial charge is 0.311 e. The largest absolute Gasteiger partial charge is 0.361 e. The van der Waals surface area contributed by atoms with E-state index in [9.17, 15) is 10.1 Å². The van der Waals surface area contributed by atoms with Crippen LogP contribution in [0.25, 0.3) is 0 Å². The molecule has 0 spiro atoms. The Bertz CT molecular complexity index is 476. The van der Waals surface area contributed by atoms with E-state index in [0.29, 0.717) is 11.7 Å². The molecule has 3 unspecified atom stereocenters. The quantitative estimate of drug-likeness (QED) is 0.669. The summed E-state index contributed by atoms with van der Waals surface area (Å²) in [6.45, 7) is 6.28. The summed E-state index contributed by atoms with van der Waals surface area (Å²) >= 11 is 0. The number of nitro groups is 1. The van der Waals surface area contributed by atoms with Gasteiger partial charge in [-0.3, -0.25) is 10.1 Å². The second-order valence-corrected chi connectivity index (χ2v) is 5.78. The molecule has 1 N–H and O–H groups in total. The molecular weight excluding hydrogens is 242 g/mol. The Morgan fingerprint density at radius 1 is 1.42 bits per heavy atom. The van der Waals surface area contributed by atoms with Crippen molar-refractivity contribution in [2.45, 2.75) is 46.1 Å². The molecule has 19 heavy (non-hydrogen) atoms. The minimum atomic E-state index is -0.363. The van der Waals surface area contributed by atoms with E-state index in [1.807, 2.05) is 6.92 Å². The number of hydrogen-bond acceptors (Lipinski definition) is 4. The van der Waals surface area contributed by atoms with Crippen molar-refractivity contribution in [2.24, 2.45) is 11.8 Å². The van der Waals surface area contributed by atoms with E-state index >= 15 is 0 Å². The molecule has 1 aromatic heterocycles. The third-order valence-corrected chi connectivity index (χ3v) is 3.95. The molecule has 0 amide bonds. The minimum Gasteiger partial charge on any atom is -0.361 e. The first-order valence-corrected chi connectivity index (χ1v) is 6.85. The van der Waals surface area contributed by atoms with Crippen LogP contribution in [0.3, 0.4) is 0 Å². The molecule has 1 heterocycles. The van der Waals surface area contributed by atoms with Gasteiger partial charge in [0, 0.05) is 18.3 Å². The van der Waals surface area contributed by atoms with Crippen molar-refractivity contribution >= 4 is 11.5 Å². The Hall–Kier alpha value is -1.65. The van der Waals surface area contributed by atoms with Crippen molar-refractivity contribution in [1.29, 1.82) is 0 Å². The number of pyridine rings is 1. The van der Waals surface area contributed by atoms with Crippen LogP contribution in [0.1, 0.15) is 38.7 Å². The van der Waals surface area contributed by atoms with Gasteiger partial charge in [0.1, 0.15) is 0 Å². The summed E-state index contributed by atoms with van der Waals surface area (Å²) in [6.07, 6.45) is 5.06. The third-order valence-electron chi connectivity index (χ3n) is 3.95. The van der Waals surface area contributed by atoms with Crippen molar-refractivity contribution in [3.05, 3.63) is 27.9 Å². The van der Waals surface area contributed by atoms with Gasteiger partial charge in [0.25, 0.3) is 0 Å². The first-order chi connectivity index (χ1) is 8.97. The van der Waals surface area contributed by atoms with Crippen LogP contribution < -0.4 is 5.32 Å². The van der Waals surface area contributed by atoms with Crippen LogP contribution in [0, 0.1) is 28.9 Å². The molecule has 0 aromatic carbocycles. The molecule has 1 saturated carbocycles. The van der Waals surface area contributed by atoms with E-state index in [2.05, 4.69) is 24.1 Å². The topological polar surface area (TPSA) is 68.1 Å². The molecule has 1 aliphatic carbocycles. The van der Waals surface area contributed by atoms with Crippen LogP contribution in [0.2, 0.25) is 0 Å². The van der Waals surface area contributed by atoms with Gasteiger partial charge >= 0.3 is 5.69 Å². The van der Waals surface area contributed by atoms with E-state index in [0.717, 1.165) is 24.3 Å². The molecule has 0 aliphatic heterocycles. The Labute approximate surface area is 113 Å². The van der Waals surface area contributed by atoms with Crippen molar-refractivity contribution in [1.82, 2.24) is 4.98 Å². The van der Waals surface area contributed by atoms with Crippen LogP contribution >= 0.6 is 0 Å². The van der Waals surface area contributed by atoms with Crippen LogP contribution in [0.5, 0.6) is 0 Å². The number of aryl methyl sites for hydroxylation is 1. The summed E-state index contributed by atoms with van der Waals surface area (Å²) in [7, 11) is 0. The first-order valence-electron chi connectivity index (χ1n) is 6.85. The highest BCUT2D eigenvalue weighted by molar-refractivity contribution is 5.57. The molecule has 0 saturated heterocycles. The van der Waals surface area contributed by atoms with Gasteiger partial charge < -0.3 is 5.32 Å². The molecule has 2 rings (SSSR count). The zero-order valence-corrected chi connectivity index (χ0v) is 11.7. The lowest BCUT2D eigenvalue weighted by Gasteiger charge is -2.33. The number of rotatable bonds is 3. The minimum absolute atomic E-state index is 0.0748. The Kier molecular flexibility index (Phi) is 4.02. The summed E-state index contributed by atoms with van der Waals surface area (Å²) < 4.78 is 0. The number of nitrogens with zero attached hydrogens (tertiary/aromatic N) is 2. The molecule has 0 radical (unpaired) electrons. The van der Waals surface area contributed by atoms with Gasteiger partial charge in [0.15, 0.2) is 0 Å². The predicted molar refractivity (Wildman–Crippen MR) is 75.2 cm³/mol. The second kappa shape index (κ2) is 5.55. The van der Waals surface area contributed by atoms with Gasteiger partial charge in [0.05, 0.1) is 4.92 Å². The normalized spacial score (nSPS) is 27.0. The molecule has 3 atom stereocenters. The fraction of sp³-hybridized carbons (Fsp3) is 0.643. The highest BCUT2D eigenvalue weighted by Crippen LogP contribution is 2.32. The molecule has 1 aromatic rings. The molecule has 5 heteroatoms. The molecule has 5 nitrogen and oxygen atoms in total. The maximum Gasteiger partial charge on any atom is 0.311 e. The van der Waals surface area contributed by atoms with Crippen LogP contribution in [0.4, 0.5) is 11.5 Å². The number of nitrogens with one attached hydrogen (secondary N) is 1. The van der Waals surface area contributed by atoms with Crippen molar-refractivity contribution in [2.75, 3.05) is 5.32 Å². The molecule has 1 fully saturated rings. The zero-order chi connectivity index (χ0) is 14.0. The molecular formula is C14H21N3O2. The average Bonchev–Trinajstić information content (AvgIpc) is 2.34. The lowest BCUT2D eigenvalue weighted by atomic mass is 9.80. The lowest BCUT2D eigenvalue weighted by Crippen LogP contribution is -2.33. The van der Waals surface area contributed by atoms with Crippen molar-refractivity contribution < 1.29 is 4.92 Å². The summed E-state index contributed by atoms with van der Waals surface area (Å²) in [5.41, 5.74) is 0.883. The monoisotopic (exact) mass is 263 g/mol. The third kappa shape index (κ3) is 3.22. The fourth-order valence-corrected chi connectivity index (χ4v) is 2.86. The van der Waals surface area contributed by atoms with Gasteiger partial charge in [-0.15, -0.1) is 0 Å². The predicted octanol–water partition coefficient (Wildman–Crippen LogP) is 3.53. The summed E-state index contributed by atoms with van der Waals surface area (Å²) in [5.74, 6) is 1.67. The van der Waals surface area contributed by atoms with Crippen molar-refractivity contribution in [3.8, 4) is 0 Å². The Morgan fingerprint density at radius 2 is 2.16 bits per heavy atom. The zero-order valence-electron chi connectivity index (χ0n) is 11.7. The molecule has 0 bridgehead atoms. The number of hydrogen-bond donors (Lipinski definition) is 1. The number of anilines is 1. The van der Waals surface area contributed by atoms with E-state index in [1.165, 1.54) is 6.42 Å². The van der Waals surface area contributed by atoms with Crippen LogP contribution in [-0.4, -0.2) is 15.9 Å². The van der Waals surface area contributed by atoms with E-state index in [1.54, 1.807) is 12.3 Å². The van der Waals surface area contributed by atoms with Gasteiger partial charge in [-0.1, -0.05) is 13.8 Å². The lowest BCUT2D eigenvalue weighted by molar-refractivity contribution is -0.384. The molecule has 104 valence electrons. The highest BCUT2D eigenvalue weighted by atomic mass is 16.6. The van der Waals surface area contributed by atoms with Crippen LogP contribution in [-0.2, 0) is 0 Å². The average molecular weight is 263 g/mol. The summed E-state index contributed by atoms with van der Waals surface area (Å²) in [5, 5.41) is 14.4. The Balaban J connectivity index is 2.17. The first kappa shape index (κ1) is 13.8. The van der Waals surface area contributed by atoms with E-state index in [-0.39, 0.29) is 16.7 Å². The van der Waals surface area contributed by atoms with Gasteiger partial charge in [-0.2, -0.15) is 0 Å². The van der Waals surface area contributed by atoms with Gasteiger partial charge in [0.2, 0.25) is 5.82 Å². The number of aromatic nitrogens is 1. The van der Waals surface area contributed by atoms with E-state index < -0.39 is 0 Å². The maximum absolute atomic E-state index is 11.1. The van der Waals surface area contributed by atoms with Crippen LogP contribution in [0.15, 0.2) is 12.3 Å². The highest BCUT2D eigenvalue weighted by Gasteiger charge is 2.27. The van der Waals surface area contributed by atoms with Gasteiger partial charge in [-0.05, 0) is 43.6 Å². The van der Waals surface area contributed by atoms with Crippen molar-refractivity contribution in [3.63, 3.8) is 0 Å². The second-order valence-electron chi connectivity index (χ2n) is 5.78. The maximum atomic E-state index is 11.1. The summed E-state index contributed by atoms with van der Waals surface area (Å²) in [4.78, 5) is 14.9. The van der Waals surface area contributed by atoms with Gasteiger partial charge in [-0.25, -0.2) is 4.98 Å². The standard InChI is InChI=1S/C14H21N3O2/c1-9-4-5-12(11(3)6-9)16-14-13(17(18)19)7-10(2)8-15-14/h7-9,11-12H,4-6H2,1-3H3,(H,15,16). The SMILES string of the molecule is Cc1cnc(NC2CCC(C)CC2C)c([N+](=O)[O-])c1.